The van der Waals surface area contributed by atoms with Crippen molar-refractivity contribution in [1.29, 1.82) is 0 Å². The summed E-state index contributed by atoms with van der Waals surface area (Å²) in [5.74, 6) is 0.0238. The number of nitrogens with one attached hydrogen (secondary N) is 1. The highest BCUT2D eigenvalue weighted by Gasteiger charge is 2.19. The van der Waals surface area contributed by atoms with Crippen LogP contribution >= 0.6 is 23.2 Å². The van der Waals surface area contributed by atoms with E-state index in [2.05, 4.69) is 10.5 Å². The van der Waals surface area contributed by atoms with Crippen molar-refractivity contribution in [2.45, 2.75) is 0 Å². The summed E-state index contributed by atoms with van der Waals surface area (Å²) >= 11 is 11.9. The second-order valence-corrected chi connectivity index (χ2v) is 7.51. The summed E-state index contributed by atoms with van der Waals surface area (Å²) < 4.78 is 21.4. The molecular formula is C24H20Cl2N2O6. The summed E-state index contributed by atoms with van der Waals surface area (Å²) in [6.07, 6.45) is 1.35. The number of benzene rings is 3. The first-order valence-electron chi connectivity index (χ1n) is 9.77. The lowest BCUT2D eigenvalue weighted by molar-refractivity contribution is 0.0733. The fourth-order valence-electron chi connectivity index (χ4n) is 2.93. The van der Waals surface area contributed by atoms with E-state index in [1.54, 1.807) is 30.3 Å². The van der Waals surface area contributed by atoms with Gasteiger partial charge in [-0.25, -0.2) is 10.2 Å². The Morgan fingerprint density at radius 2 is 1.56 bits per heavy atom. The molecule has 0 aliphatic rings. The zero-order chi connectivity index (χ0) is 24.7. The highest BCUT2D eigenvalue weighted by molar-refractivity contribution is 6.36. The number of rotatable bonds is 8. The Kier molecular flexibility index (Phi) is 8.34. The van der Waals surface area contributed by atoms with Crippen LogP contribution in [0.4, 0.5) is 0 Å². The number of para-hydroxylation sites is 1. The number of nitrogens with zero attached hydrogens (tertiary/aromatic N) is 1. The van der Waals surface area contributed by atoms with Crippen molar-refractivity contribution in [1.82, 2.24) is 5.43 Å². The maximum Gasteiger partial charge on any atom is 0.343 e. The molecule has 3 rings (SSSR count). The van der Waals surface area contributed by atoms with Gasteiger partial charge in [0, 0.05) is 10.6 Å². The third kappa shape index (κ3) is 5.78. The minimum atomic E-state index is -0.655. The van der Waals surface area contributed by atoms with E-state index in [9.17, 15) is 9.59 Å². The van der Waals surface area contributed by atoms with Gasteiger partial charge in [0.05, 0.1) is 43.7 Å². The van der Waals surface area contributed by atoms with E-state index in [0.717, 1.165) is 0 Å². The molecule has 0 heterocycles. The van der Waals surface area contributed by atoms with Crippen LogP contribution in [0.5, 0.6) is 23.0 Å². The maximum atomic E-state index is 12.8. The number of ether oxygens (including phenoxy) is 4. The average molecular weight is 503 g/mol. The molecule has 0 fully saturated rings. The summed E-state index contributed by atoms with van der Waals surface area (Å²) in [6.45, 7) is 0. The molecule has 34 heavy (non-hydrogen) atoms. The Labute approximate surface area is 206 Å². The smallest absolute Gasteiger partial charge is 0.343 e. The summed E-state index contributed by atoms with van der Waals surface area (Å²) in [6, 6.07) is 14.1. The van der Waals surface area contributed by atoms with E-state index in [1.165, 1.54) is 51.8 Å². The van der Waals surface area contributed by atoms with Crippen LogP contribution < -0.4 is 24.4 Å². The fourth-order valence-corrected chi connectivity index (χ4v) is 3.43. The molecular weight excluding hydrogens is 483 g/mol. The Morgan fingerprint density at radius 1 is 0.882 bits per heavy atom. The third-order valence-electron chi connectivity index (χ3n) is 4.57. The number of hydrogen-bond donors (Lipinski definition) is 1. The van der Waals surface area contributed by atoms with Gasteiger partial charge in [-0.1, -0.05) is 35.3 Å². The van der Waals surface area contributed by atoms with Gasteiger partial charge in [-0.05, 0) is 42.5 Å². The van der Waals surface area contributed by atoms with E-state index >= 15 is 0 Å². The SMILES string of the molecule is COc1cc(C(=O)Oc2ccccc2/C=N\NC(=O)c2ccc(Cl)cc2Cl)cc(OC)c1OC. The van der Waals surface area contributed by atoms with Crippen molar-refractivity contribution in [2.75, 3.05) is 21.3 Å². The highest BCUT2D eigenvalue weighted by atomic mass is 35.5. The van der Waals surface area contributed by atoms with Crippen LogP contribution in [0.2, 0.25) is 10.0 Å². The van der Waals surface area contributed by atoms with E-state index in [-0.39, 0.29) is 21.9 Å². The van der Waals surface area contributed by atoms with Gasteiger partial charge in [-0.15, -0.1) is 0 Å². The molecule has 8 nitrogen and oxygen atoms in total. The van der Waals surface area contributed by atoms with Crippen molar-refractivity contribution >= 4 is 41.3 Å². The van der Waals surface area contributed by atoms with Crippen LogP contribution in [0.1, 0.15) is 26.3 Å². The van der Waals surface area contributed by atoms with Crippen LogP contribution in [0.15, 0.2) is 59.7 Å². The Hall–Kier alpha value is -3.75. The van der Waals surface area contributed by atoms with Crippen LogP contribution in [0.25, 0.3) is 0 Å². The van der Waals surface area contributed by atoms with Crippen molar-refractivity contribution in [3.05, 3.63) is 81.3 Å². The molecule has 0 atom stereocenters. The highest BCUT2D eigenvalue weighted by Crippen LogP contribution is 2.38. The zero-order valence-electron chi connectivity index (χ0n) is 18.4. The first-order valence-corrected chi connectivity index (χ1v) is 10.5. The minimum Gasteiger partial charge on any atom is -0.493 e. The monoisotopic (exact) mass is 502 g/mol. The Balaban J connectivity index is 1.78. The molecule has 0 aliphatic heterocycles. The lowest BCUT2D eigenvalue weighted by Gasteiger charge is -2.14. The van der Waals surface area contributed by atoms with Gasteiger partial charge in [0.2, 0.25) is 5.75 Å². The first-order chi connectivity index (χ1) is 16.4. The number of carbonyl (C=O) groups is 2. The number of amides is 1. The molecule has 1 N–H and O–H groups in total. The standard InChI is InChI=1S/C24H20Cl2N2O6/c1-31-20-10-15(11-21(32-2)22(20)33-3)24(30)34-19-7-5-4-6-14(19)13-27-28-23(29)17-9-8-16(25)12-18(17)26/h4-13H,1-3H3,(H,28,29)/b27-13-. The van der Waals surface area contributed by atoms with E-state index in [0.29, 0.717) is 27.8 Å². The molecule has 0 radical (unpaired) electrons. The van der Waals surface area contributed by atoms with Gasteiger partial charge in [-0.3, -0.25) is 4.79 Å². The predicted molar refractivity (Wildman–Crippen MR) is 129 cm³/mol. The molecule has 0 bridgehead atoms. The summed E-state index contributed by atoms with van der Waals surface area (Å²) in [5, 5.41) is 4.54. The van der Waals surface area contributed by atoms with Gasteiger partial charge in [0.15, 0.2) is 11.5 Å². The van der Waals surface area contributed by atoms with Crippen molar-refractivity contribution in [2.24, 2.45) is 5.10 Å². The molecule has 0 spiro atoms. The summed E-state index contributed by atoms with van der Waals surface area (Å²) in [5.41, 5.74) is 3.23. The largest absolute Gasteiger partial charge is 0.493 e. The van der Waals surface area contributed by atoms with Gasteiger partial charge >= 0.3 is 5.97 Å². The molecule has 1 amide bonds. The zero-order valence-corrected chi connectivity index (χ0v) is 19.9. The minimum absolute atomic E-state index is 0.187. The lowest BCUT2D eigenvalue weighted by Crippen LogP contribution is -2.18. The van der Waals surface area contributed by atoms with Crippen LogP contribution in [-0.2, 0) is 0 Å². The number of methoxy groups -OCH3 is 3. The third-order valence-corrected chi connectivity index (χ3v) is 5.12. The van der Waals surface area contributed by atoms with E-state index < -0.39 is 11.9 Å². The van der Waals surface area contributed by atoms with Crippen LogP contribution in [0.3, 0.4) is 0 Å². The Bertz CT molecular complexity index is 1220. The molecule has 3 aromatic carbocycles. The normalized spacial score (nSPS) is 10.6. The molecule has 0 unspecified atom stereocenters. The number of esters is 1. The van der Waals surface area contributed by atoms with Crippen molar-refractivity contribution < 1.29 is 28.5 Å². The number of hydrogen-bond acceptors (Lipinski definition) is 7. The molecule has 176 valence electrons. The van der Waals surface area contributed by atoms with Gasteiger partial charge in [0.1, 0.15) is 5.75 Å². The average Bonchev–Trinajstić information content (AvgIpc) is 2.83. The molecule has 0 aliphatic carbocycles. The summed E-state index contributed by atoms with van der Waals surface area (Å²) in [4.78, 5) is 25.1. The van der Waals surface area contributed by atoms with Crippen molar-refractivity contribution in [3.63, 3.8) is 0 Å². The van der Waals surface area contributed by atoms with Gasteiger partial charge in [0.25, 0.3) is 5.91 Å². The van der Waals surface area contributed by atoms with Gasteiger partial charge < -0.3 is 18.9 Å². The fraction of sp³-hybridized carbons (Fsp3) is 0.125. The predicted octanol–water partition coefficient (Wildman–Crippen LogP) is 5.00. The van der Waals surface area contributed by atoms with Gasteiger partial charge in [-0.2, -0.15) is 5.10 Å². The molecule has 3 aromatic rings. The number of hydrazone groups is 1. The topological polar surface area (TPSA) is 95.5 Å². The lowest BCUT2D eigenvalue weighted by atomic mass is 10.1. The quantitative estimate of drug-likeness (QED) is 0.201. The maximum absolute atomic E-state index is 12.8. The van der Waals surface area contributed by atoms with Crippen LogP contribution in [0, 0.1) is 0 Å². The van der Waals surface area contributed by atoms with Crippen molar-refractivity contribution in [3.8, 4) is 23.0 Å². The number of halogens is 2. The van der Waals surface area contributed by atoms with E-state index in [1.807, 2.05) is 0 Å². The molecule has 0 saturated heterocycles. The molecule has 0 aromatic heterocycles. The van der Waals surface area contributed by atoms with E-state index in [4.69, 9.17) is 42.1 Å². The Morgan fingerprint density at radius 3 is 2.18 bits per heavy atom. The number of carbonyl (C=O) groups excluding carboxylic acids is 2. The molecule has 0 saturated carbocycles. The first kappa shape index (κ1) is 24.9. The second-order valence-electron chi connectivity index (χ2n) is 6.66. The second kappa shape index (κ2) is 11.4. The molecule has 10 heteroatoms. The van der Waals surface area contributed by atoms with Crippen LogP contribution in [-0.4, -0.2) is 39.4 Å². The summed E-state index contributed by atoms with van der Waals surface area (Å²) in [7, 11) is 4.36.